The molecule has 1 aliphatic rings. The number of hydrogen-bond acceptors (Lipinski definition) is 7. The van der Waals surface area contributed by atoms with Crippen molar-refractivity contribution in [1.82, 2.24) is 5.32 Å². The Balaban J connectivity index is 1.24. The van der Waals surface area contributed by atoms with Crippen molar-refractivity contribution in [3.63, 3.8) is 0 Å². The number of fused-ring (bicyclic) bond motifs is 1. The molecule has 1 aliphatic heterocycles. The second-order valence-corrected chi connectivity index (χ2v) is 9.83. The van der Waals surface area contributed by atoms with Gasteiger partial charge in [0.2, 0.25) is 6.29 Å². The molecule has 1 aromatic heterocycles. The van der Waals surface area contributed by atoms with Crippen LogP contribution in [-0.2, 0) is 20.8 Å². The van der Waals surface area contributed by atoms with Crippen molar-refractivity contribution in [3.8, 4) is 0 Å². The Hall–Kier alpha value is -4.60. The topological polar surface area (TPSA) is 136 Å². The van der Waals surface area contributed by atoms with E-state index in [1.807, 2.05) is 30.3 Å². The molecular weight excluding hydrogens is 522 g/mol. The van der Waals surface area contributed by atoms with Crippen LogP contribution in [0, 0.1) is 0 Å². The van der Waals surface area contributed by atoms with Gasteiger partial charge >= 0.3 is 0 Å². The number of nitrogen functional groups attached to an aromatic ring is 1. The number of carbonyl (C=O) groups excluding carboxylic acids is 2. The number of anilines is 2. The van der Waals surface area contributed by atoms with Gasteiger partial charge in [0.15, 0.2) is 5.76 Å². The summed E-state index contributed by atoms with van der Waals surface area (Å²) in [7, 11) is 0. The maximum Gasteiger partial charge on any atom is 0.286 e. The zero-order chi connectivity index (χ0) is 28.6. The highest BCUT2D eigenvalue weighted by atomic mass is 16.7. The number of aliphatic hydroxyl groups is 1. The van der Waals surface area contributed by atoms with Gasteiger partial charge in [0.25, 0.3) is 11.8 Å². The lowest BCUT2D eigenvalue weighted by Gasteiger charge is -2.29. The highest BCUT2D eigenvalue weighted by Crippen LogP contribution is 2.36. The van der Waals surface area contributed by atoms with Crippen LogP contribution in [0.1, 0.15) is 46.7 Å². The second kappa shape index (κ2) is 13.2. The molecule has 5 rings (SSSR count). The molecule has 4 aromatic rings. The summed E-state index contributed by atoms with van der Waals surface area (Å²) >= 11 is 0. The van der Waals surface area contributed by atoms with E-state index in [0.717, 1.165) is 22.1 Å². The third-order valence-electron chi connectivity index (χ3n) is 6.93. The summed E-state index contributed by atoms with van der Waals surface area (Å²) in [6, 6.07) is 21.8. The molecule has 0 fully saturated rings. The van der Waals surface area contributed by atoms with Gasteiger partial charge in [0.1, 0.15) is 5.58 Å². The predicted molar refractivity (Wildman–Crippen MR) is 156 cm³/mol. The Morgan fingerprint density at radius 2 is 1.76 bits per heavy atom. The summed E-state index contributed by atoms with van der Waals surface area (Å²) in [5.74, 6) is -0.613. The Bertz CT molecular complexity index is 1530. The molecular formula is C32H33N3O6. The number of unbranched alkanes of at least 4 members (excludes halogenated alkanes) is 1. The van der Waals surface area contributed by atoms with Gasteiger partial charge in [-0.2, -0.15) is 0 Å². The molecule has 212 valence electrons. The number of ether oxygens (including phenoxy) is 2. The minimum Gasteiger partial charge on any atom is -0.464 e. The minimum atomic E-state index is -0.616. The fraction of sp³-hybridized carbons (Fsp3) is 0.250. The molecule has 9 heteroatoms. The smallest absolute Gasteiger partial charge is 0.286 e. The average Bonchev–Trinajstić information content (AvgIpc) is 3.44. The van der Waals surface area contributed by atoms with Crippen molar-refractivity contribution in [2.45, 2.75) is 38.0 Å². The Labute approximate surface area is 237 Å². The fourth-order valence-corrected chi connectivity index (χ4v) is 4.70. The first-order chi connectivity index (χ1) is 20.0. The van der Waals surface area contributed by atoms with Crippen molar-refractivity contribution >= 4 is 34.2 Å². The average molecular weight is 556 g/mol. The molecule has 0 aliphatic carbocycles. The number of rotatable bonds is 11. The van der Waals surface area contributed by atoms with Crippen LogP contribution in [0.2, 0.25) is 0 Å². The Morgan fingerprint density at radius 1 is 0.976 bits per heavy atom. The van der Waals surface area contributed by atoms with E-state index in [1.54, 1.807) is 54.8 Å². The second-order valence-electron chi connectivity index (χ2n) is 9.83. The molecule has 5 N–H and O–H groups in total. The van der Waals surface area contributed by atoms with Crippen LogP contribution in [-0.4, -0.2) is 36.4 Å². The molecule has 9 nitrogen and oxygen atoms in total. The van der Waals surface area contributed by atoms with Gasteiger partial charge in [0, 0.05) is 42.0 Å². The van der Waals surface area contributed by atoms with Crippen molar-refractivity contribution in [2.75, 3.05) is 24.3 Å². The number of amides is 2. The summed E-state index contributed by atoms with van der Waals surface area (Å²) in [6.45, 7) is 0.754. The lowest BCUT2D eigenvalue weighted by molar-refractivity contribution is -0.146. The van der Waals surface area contributed by atoms with Crippen LogP contribution in [0.3, 0.4) is 0 Å². The summed E-state index contributed by atoms with van der Waals surface area (Å²) < 4.78 is 17.6. The first kappa shape index (κ1) is 27.9. The van der Waals surface area contributed by atoms with E-state index < -0.39 is 6.29 Å². The molecule has 0 saturated carbocycles. The normalized spacial score (nSPS) is 16.6. The van der Waals surface area contributed by atoms with Gasteiger partial charge in [-0.05, 0) is 54.8 Å². The summed E-state index contributed by atoms with van der Waals surface area (Å²) in [5.41, 5.74) is 9.98. The van der Waals surface area contributed by atoms with Gasteiger partial charge in [-0.25, -0.2) is 0 Å². The van der Waals surface area contributed by atoms with Gasteiger partial charge in [-0.3, -0.25) is 9.59 Å². The lowest BCUT2D eigenvalue weighted by Crippen LogP contribution is -2.32. The van der Waals surface area contributed by atoms with E-state index in [1.165, 1.54) is 0 Å². The first-order valence-corrected chi connectivity index (χ1v) is 13.6. The predicted octanol–water partition coefficient (Wildman–Crippen LogP) is 5.09. The van der Waals surface area contributed by atoms with E-state index in [4.69, 9.17) is 24.7 Å². The summed E-state index contributed by atoms with van der Waals surface area (Å²) in [4.78, 5) is 25.8. The SMILES string of the molecule is Nc1ccccc1NC(=O)c1ccc(CNC(=O)C2=C[C@@H](c3coc4ccccc34)C[C@@H](OCCCCO)O2)cc1. The van der Waals surface area contributed by atoms with Crippen LogP contribution < -0.4 is 16.4 Å². The van der Waals surface area contributed by atoms with Gasteiger partial charge < -0.3 is 35.4 Å². The quantitative estimate of drug-likeness (QED) is 0.150. The molecule has 0 saturated heterocycles. The number of aliphatic hydroxyl groups excluding tert-OH is 1. The summed E-state index contributed by atoms with van der Waals surface area (Å²) in [5, 5.41) is 15.8. The van der Waals surface area contributed by atoms with Gasteiger partial charge in [-0.15, -0.1) is 0 Å². The van der Waals surface area contributed by atoms with Crippen LogP contribution in [0.4, 0.5) is 11.4 Å². The first-order valence-electron chi connectivity index (χ1n) is 13.6. The van der Waals surface area contributed by atoms with Crippen LogP contribution in [0.25, 0.3) is 11.0 Å². The van der Waals surface area contributed by atoms with E-state index in [-0.39, 0.29) is 36.6 Å². The number of hydrogen-bond donors (Lipinski definition) is 4. The van der Waals surface area contributed by atoms with Crippen molar-refractivity contribution in [1.29, 1.82) is 0 Å². The van der Waals surface area contributed by atoms with Crippen LogP contribution in [0.15, 0.2) is 95.3 Å². The van der Waals surface area contributed by atoms with Crippen molar-refractivity contribution < 1.29 is 28.6 Å². The van der Waals surface area contributed by atoms with E-state index in [0.29, 0.717) is 42.8 Å². The standard InChI is InChI=1S/C32H33N3O6/c33-26-8-2-3-9-27(26)35-31(37)22-13-11-21(12-14-22)19-34-32(38)29-17-23(18-30(41-29)39-16-6-5-15-36)25-20-40-28-10-4-1-7-24(25)28/h1-4,7-14,17,20,23,30,36H,5-6,15-16,18-19,33H2,(H,34,38)(H,35,37)/t23-,30+/m1/s1. The number of nitrogens with two attached hydrogens (primary N) is 1. The molecule has 3 aromatic carbocycles. The number of carbonyl (C=O) groups is 2. The number of furan rings is 1. The third-order valence-corrected chi connectivity index (χ3v) is 6.93. The van der Waals surface area contributed by atoms with E-state index >= 15 is 0 Å². The van der Waals surface area contributed by atoms with E-state index in [2.05, 4.69) is 10.6 Å². The highest BCUT2D eigenvalue weighted by molar-refractivity contribution is 6.05. The Morgan fingerprint density at radius 3 is 2.56 bits per heavy atom. The minimum absolute atomic E-state index is 0.0966. The zero-order valence-electron chi connectivity index (χ0n) is 22.5. The lowest BCUT2D eigenvalue weighted by atomic mass is 9.92. The van der Waals surface area contributed by atoms with Crippen LogP contribution >= 0.6 is 0 Å². The van der Waals surface area contributed by atoms with Crippen LogP contribution in [0.5, 0.6) is 0 Å². The molecule has 2 atom stereocenters. The number of benzene rings is 3. The highest BCUT2D eigenvalue weighted by Gasteiger charge is 2.30. The Kier molecular flexibility index (Phi) is 8.98. The molecule has 2 heterocycles. The van der Waals surface area contributed by atoms with Crippen molar-refractivity contribution in [2.24, 2.45) is 0 Å². The molecule has 2 amide bonds. The number of para-hydroxylation sites is 3. The third kappa shape index (κ3) is 6.95. The number of nitrogens with one attached hydrogen (secondary N) is 2. The molecule has 0 spiro atoms. The van der Waals surface area contributed by atoms with Crippen molar-refractivity contribution in [3.05, 3.63) is 108 Å². The molecule has 41 heavy (non-hydrogen) atoms. The zero-order valence-corrected chi connectivity index (χ0v) is 22.5. The van der Waals surface area contributed by atoms with E-state index in [9.17, 15) is 9.59 Å². The monoisotopic (exact) mass is 555 g/mol. The van der Waals surface area contributed by atoms with Gasteiger partial charge in [0.05, 0.1) is 24.2 Å². The molecule has 0 radical (unpaired) electrons. The fourth-order valence-electron chi connectivity index (χ4n) is 4.70. The molecule has 0 unspecified atom stereocenters. The molecule has 0 bridgehead atoms. The largest absolute Gasteiger partial charge is 0.464 e. The summed E-state index contributed by atoms with van der Waals surface area (Å²) in [6.07, 6.45) is 4.76. The maximum absolute atomic E-state index is 13.2. The van der Waals surface area contributed by atoms with Gasteiger partial charge in [-0.1, -0.05) is 42.5 Å². The maximum atomic E-state index is 13.2. The number of allylic oxidation sites excluding steroid dienone is 1.